The molecule has 16 heavy (non-hydrogen) atoms. The Bertz CT molecular complexity index is 605. The van der Waals surface area contributed by atoms with E-state index < -0.39 is 9.84 Å². The molecule has 4 heteroatoms. The van der Waals surface area contributed by atoms with E-state index in [0.717, 1.165) is 10.8 Å². The van der Waals surface area contributed by atoms with Crippen LogP contribution in [0.25, 0.3) is 10.8 Å². The average molecular weight is 252 g/mol. The molecule has 2 rings (SSSR count). The molecule has 0 radical (unpaired) electrons. The Labute approximate surface area is 97.4 Å². The van der Waals surface area contributed by atoms with Crippen molar-refractivity contribution in [1.29, 1.82) is 0 Å². The van der Waals surface area contributed by atoms with Crippen LogP contribution >= 0.6 is 8.58 Å². The summed E-state index contributed by atoms with van der Waals surface area (Å²) >= 11 is 0. The molecule has 0 spiro atoms. The Morgan fingerprint density at radius 2 is 1.75 bits per heavy atom. The largest absolute Gasteiger partial charge is 0.223 e. The summed E-state index contributed by atoms with van der Waals surface area (Å²) in [6.07, 6.45) is 0. The first-order valence-corrected chi connectivity index (χ1v) is 8.35. The number of sulfone groups is 1. The lowest BCUT2D eigenvalue weighted by atomic mass is 10.1. The maximum atomic E-state index is 11.9. The highest BCUT2D eigenvalue weighted by Crippen LogP contribution is 2.22. The normalized spacial score (nSPS) is 12.6. The van der Waals surface area contributed by atoms with Crippen molar-refractivity contribution in [3.8, 4) is 0 Å². The molecule has 2 aromatic rings. The van der Waals surface area contributed by atoms with E-state index in [-0.39, 0.29) is 5.49 Å². The molecule has 0 fully saturated rings. The van der Waals surface area contributed by atoms with Gasteiger partial charge < -0.3 is 0 Å². The average Bonchev–Trinajstić information content (AvgIpc) is 2.28. The van der Waals surface area contributed by atoms with Crippen LogP contribution in [0, 0.1) is 0 Å². The lowest BCUT2D eigenvalue weighted by Crippen LogP contribution is -2.02. The van der Waals surface area contributed by atoms with Gasteiger partial charge in [0.15, 0.2) is 9.84 Å². The molecule has 0 saturated heterocycles. The van der Waals surface area contributed by atoms with Gasteiger partial charge in [0.1, 0.15) is 0 Å². The van der Waals surface area contributed by atoms with Gasteiger partial charge in [-0.05, 0) is 29.6 Å². The standard InChI is InChI=1S/C12H13O2PS/c1-15-9-16(13,14)12-7-6-10-4-2-3-5-11(10)8-12/h2-8,15H,9H2,1H3. The Morgan fingerprint density at radius 1 is 1.06 bits per heavy atom. The number of benzene rings is 2. The predicted molar refractivity (Wildman–Crippen MR) is 70.2 cm³/mol. The first-order chi connectivity index (χ1) is 7.63. The van der Waals surface area contributed by atoms with E-state index in [0.29, 0.717) is 13.5 Å². The SMILES string of the molecule is CPCS(=O)(=O)c1ccc2ccccc2c1. The molecule has 0 heterocycles. The monoisotopic (exact) mass is 252 g/mol. The number of rotatable bonds is 3. The Hall–Kier alpha value is -0.920. The molecule has 2 aromatic carbocycles. The Morgan fingerprint density at radius 3 is 2.44 bits per heavy atom. The third kappa shape index (κ3) is 2.26. The summed E-state index contributed by atoms with van der Waals surface area (Å²) in [5.41, 5.74) is 0.241. The quantitative estimate of drug-likeness (QED) is 0.787. The number of hydrogen-bond acceptors (Lipinski definition) is 2. The van der Waals surface area contributed by atoms with E-state index >= 15 is 0 Å². The van der Waals surface area contributed by atoms with Crippen LogP contribution in [0.1, 0.15) is 0 Å². The van der Waals surface area contributed by atoms with Crippen molar-refractivity contribution in [2.24, 2.45) is 0 Å². The fraction of sp³-hybridized carbons (Fsp3) is 0.167. The topological polar surface area (TPSA) is 34.1 Å². The van der Waals surface area contributed by atoms with Gasteiger partial charge in [-0.25, -0.2) is 8.42 Å². The molecule has 0 saturated carbocycles. The smallest absolute Gasteiger partial charge is 0.182 e. The third-order valence-electron chi connectivity index (χ3n) is 2.41. The van der Waals surface area contributed by atoms with Crippen LogP contribution in [0.2, 0.25) is 0 Å². The minimum Gasteiger partial charge on any atom is -0.223 e. The summed E-state index contributed by atoms with van der Waals surface area (Å²) in [5, 5.41) is 2.04. The number of fused-ring (bicyclic) bond motifs is 1. The molecule has 0 aliphatic heterocycles. The molecular formula is C12H13O2PS. The van der Waals surface area contributed by atoms with Crippen molar-refractivity contribution in [1.82, 2.24) is 0 Å². The molecule has 0 amide bonds. The van der Waals surface area contributed by atoms with Gasteiger partial charge in [-0.1, -0.05) is 30.3 Å². The molecule has 2 nitrogen and oxygen atoms in total. The van der Waals surface area contributed by atoms with Gasteiger partial charge in [0, 0.05) is 0 Å². The van der Waals surface area contributed by atoms with Gasteiger partial charge >= 0.3 is 0 Å². The van der Waals surface area contributed by atoms with Crippen molar-refractivity contribution in [2.45, 2.75) is 4.90 Å². The predicted octanol–water partition coefficient (Wildman–Crippen LogP) is 2.88. The lowest BCUT2D eigenvalue weighted by Gasteiger charge is -2.04. The summed E-state index contributed by atoms with van der Waals surface area (Å²) in [5.74, 6) is 0. The molecule has 1 atom stereocenters. The van der Waals surface area contributed by atoms with Crippen LogP contribution in [0.3, 0.4) is 0 Å². The summed E-state index contributed by atoms with van der Waals surface area (Å²) in [6, 6.07) is 13.1. The first-order valence-electron chi connectivity index (χ1n) is 5.00. The van der Waals surface area contributed by atoms with E-state index in [1.807, 2.05) is 37.0 Å². The van der Waals surface area contributed by atoms with Gasteiger partial charge in [-0.3, -0.25) is 0 Å². The maximum absolute atomic E-state index is 11.9. The zero-order chi connectivity index (χ0) is 11.6. The molecular weight excluding hydrogens is 239 g/mol. The van der Waals surface area contributed by atoms with Crippen LogP contribution in [-0.4, -0.2) is 20.6 Å². The van der Waals surface area contributed by atoms with Gasteiger partial charge in [0.2, 0.25) is 0 Å². The molecule has 0 bridgehead atoms. The van der Waals surface area contributed by atoms with Gasteiger partial charge in [-0.15, -0.1) is 8.58 Å². The second kappa shape index (κ2) is 4.52. The van der Waals surface area contributed by atoms with Crippen LogP contribution in [0.5, 0.6) is 0 Å². The van der Waals surface area contributed by atoms with E-state index in [2.05, 4.69) is 0 Å². The minimum absolute atomic E-state index is 0.241. The summed E-state index contributed by atoms with van der Waals surface area (Å²) < 4.78 is 23.8. The Balaban J connectivity index is 2.55. The second-order valence-electron chi connectivity index (χ2n) is 3.62. The summed E-state index contributed by atoms with van der Waals surface area (Å²) in [4.78, 5) is 0.431. The molecule has 1 unspecified atom stereocenters. The van der Waals surface area contributed by atoms with Gasteiger partial charge in [0.25, 0.3) is 0 Å². The van der Waals surface area contributed by atoms with Gasteiger partial charge in [-0.2, -0.15) is 0 Å². The summed E-state index contributed by atoms with van der Waals surface area (Å²) in [6.45, 7) is 1.90. The highest BCUT2D eigenvalue weighted by molar-refractivity contribution is 7.96. The highest BCUT2D eigenvalue weighted by Gasteiger charge is 2.12. The molecule has 0 aromatic heterocycles. The van der Waals surface area contributed by atoms with Crippen LogP contribution < -0.4 is 0 Å². The van der Waals surface area contributed by atoms with Crippen LogP contribution in [0.15, 0.2) is 47.4 Å². The Kier molecular flexibility index (Phi) is 3.27. The minimum atomic E-state index is -3.09. The van der Waals surface area contributed by atoms with Crippen molar-refractivity contribution in [2.75, 3.05) is 12.2 Å². The first kappa shape index (κ1) is 11.6. The zero-order valence-corrected chi connectivity index (χ0v) is 10.8. The van der Waals surface area contributed by atoms with Crippen molar-refractivity contribution in [3.63, 3.8) is 0 Å². The number of hydrogen-bond donors (Lipinski definition) is 0. The maximum Gasteiger partial charge on any atom is 0.182 e. The molecule has 0 N–H and O–H groups in total. The zero-order valence-electron chi connectivity index (χ0n) is 8.97. The van der Waals surface area contributed by atoms with E-state index in [9.17, 15) is 8.42 Å². The molecule has 0 aliphatic rings. The van der Waals surface area contributed by atoms with Crippen molar-refractivity contribution >= 4 is 29.2 Å². The van der Waals surface area contributed by atoms with Crippen molar-refractivity contribution < 1.29 is 8.42 Å². The van der Waals surface area contributed by atoms with Crippen LogP contribution in [0.4, 0.5) is 0 Å². The highest BCUT2D eigenvalue weighted by atomic mass is 32.2. The van der Waals surface area contributed by atoms with Gasteiger partial charge in [0.05, 0.1) is 10.4 Å². The fourth-order valence-corrected chi connectivity index (χ4v) is 4.40. The fourth-order valence-electron chi connectivity index (χ4n) is 1.63. The van der Waals surface area contributed by atoms with Crippen LogP contribution in [-0.2, 0) is 9.84 Å². The molecule has 84 valence electrons. The summed E-state index contributed by atoms with van der Waals surface area (Å²) in [7, 11) is -2.67. The molecule has 0 aliphatic carbocycles. The second-order valence-corrected chi connectivity index (χ2v) is 7.18. The van der Waals surface area contributed by atoms with E-state index in [4.69, 9.17) is 0 Å². The van der Waals surface area contributed by atoms with E-state index in [1.165, 1.54) is 0 Å². The third-order valence-corrected chi connectivity index (χ3v) is 6.06. The van der Waals surface area contributed by atoms with Crippen molar-refractivity contribution in [3.05, 3.63) is 42.5 Å². The lowest BCUT2D eigenvalue weighted by molar-refractivity contribution is 0.601. The van der Waals surface area contributed by atoms with E-state index in [1.54, 1.807) is 12.1 Å².